The number of hydrogen-bond donors (Lipinski definition) is 0. The van der Waals surface area contributed by atoms with Gasteiger partial charge in [0.2, 0.25) is 0 Å². The molecule has 0 spiro atoms. The third-order valence-electron chi connectivity index (χ3n) is 6.41. The zero-order valence-electron chi connectivity index (χ0n) is 14.2. The fourth-order valence-electron chi connectivity index (χ4n) is 4.65. The van der Waals surface area contributed by atoms with E-state index in [4.69, 9.17) is 0 Å². The Balaban J connectivity index is 1.40. The zero-order valence-corrected chi connectivity index (χ0v) is 14.2. The third-order valence-corrected chi connectivity index (χ3v) is 6.41. The van der Waals surface area contributed by atoms with E-state index in [2.05, 4.69) is 44.4 Å². The van der Waals surface area contributed by atoms with Crippen LogP contribution in [-0.2, 0) is 0 Å². The zero-order chi connectivity index (χ0) is 14.5. The monoisotopic (exact) mass is 278 g/mol. The van der Waals surface area contributed by atoms with E-state index in [-0.39, 0.29) is 0 Å². The minimum absolute atomic E-state index is 0.514. The van der Waals surface area contributed by atoms with Crippen LogP contribution in [0.25, 0.3) is 0 Å². The van der Waals surface area contributed by atoms with Gasteiger partial charge >= 0.3 is 0 Å². The minimum Gasteiger partial charge on any atom is -0.303 e. The molecular formula is C18H34N2. The molecular weight excluding hydrogens is 244 g/mol. The average molecular weight is 278 g/mol. The van der Waals surface area contributed by atoms with Gasteiger partial charge in [0, 0.05) is 25.7 Å². The first-order chi connectivity index (χ1) is 9.36. The lowest BCUT2D eigenvalue weighted by atomic mass is 9.75. The van der Waals surface area contributed by atoms with Crippen molar-refractivity contribution < 1.29 is 0 Å². The summed E-state index contributed by atoms with van der Waals surface area (Å²) in [6.45, 7) is 18.8. The second-order valence-electron chi connectivity index (χ2n) is 8.98. The Morgan fingerprint density at radius 1 is 1.00 bits per heavy atom. The van der Waals surface area contributed by atoms with E-state index in [1.165, 1.54) is 45.6 Å². The standard InChI is InChI=1S/C18H34N2/c1-13(2)20-11-16-15(17(16)12-20)10-19-8-6-14(7-9-19)18(3,4)5/h13-17H,6-12H2,1-5H3/t15?,16-,17+. The predicted molar refractivity (Wildman–Crippen MR) is 85.8 cm³/mol. The van der Waals surface area contributed by atoms with Gasteiger partial charge in [-0.2, -0.15) is 0 Å². The SMILES string of the molecule is CC(C)N1C[C@@H]2C(CN3CCC(C(C)(C)C)CC3)[C@@H]2C1. The summed E-state index contributed by atoms with van der Waals surface area (Å²) in [4.78, 5) is 5.45. The number of fused-ring (bicyclic) bond motifs is 1. The van der Waals surface area contributed by atoms with Crippen LogP contribution >= 0.6 is 0 Å². The van der Waals surface area contributed by atoms with Gasteiger partial charge in [-0.1, -0.05) is 20.8 Å². The van der Waals surface area contributed by atoms with Gasteiger partial charge in [-0.25, -0.2) is 0 Å². The normalized spacial score (nSPS) is 36.6. The summed E-state index contributed by atoms with van der Waals surface area (Å²) < 4.78 is 0. The molecule has 3 atom stereocenters. The second-order valence-corrected chi connectivity index (χ2v) is 8.98. The summed E-state index contributed by atoms with van der Waals surface area (Å²) in [7, 11) is 0. The fraction of sp³-hybridized carbons (Fsp3) is 1.00. The van der Waals surface area contributed by atoms with E-state index in [1.807, 2.05) is 0 Å². The Morgan fingerprint density at radius 3 is 2.00 bits per heavy atom. The Hall–Kier alpha value is -0.0800. The van der Waals surface area contributed by atoms with Crippen molar-refractivity contribution in [3.63, 3.8) is 0 Å². The van der Waals surface area contributed by atoms with Gasteiger partial charge in [-0.15, -0.1) is 0 Å². The van der Waals surface area contributed by atoms with Crippen LogP contribution in [0.3, 0.4) is 0 Å². The molecule has 2 heterocycles. The molecule has 3 fully saturated rings. The molecule has 1 unspecified atom stereocenters. The van der Waals surface area contributed by atoms with Gasteiger partial charge < -0.3 is 9.80 Å². The average Bonchev–Trinajstić information content (AvgIpc) is 2.83. The lowest BCUT2D eigenvalue weighted by Crippen LogP contribution is -2.40. The molecule has 116 valence electrons. The summed E-state index contributed by atoms with van der Waals surface area (Å²) in [5.74, 6) is 4.06. The Bertz CT molecular complexity index is 324. The highest BCUT2D eigenvalue weighted by atomic mass is 15.2. The van der Waals surface area contributed by atoms with Crippen molar-refractivity contribution in [1.29, 1.82) is 0 Å². The van der Waals surface area contributed by atoms with E-state index in [9.17, 15) is 0 Å². The summed E-state index contributed by atoms with van der Waals surface area (Å²) in [5.41, 5.74) is 0.514. The second kappa shape index (κ2) is 5.28. The van der Waals surface area contributed by atoms with E-state index >= 15 is 0 Å². The molecule has 0 N–H and O–H groups in total. The highest BCUT2D eigenvalue weighted by Crippen LogP contribution is 2.52. The first kappa shape index (κ1) is 14.8. The Kier molecular flexibility index (Phi) is 3.92. The van der Waals surface area contributed by atoms with Crippen LogP contribution in [0.5, 0.6) is 0 Å². The van der Waals surface area contributed by atoms with Crippen molar-refractivity contribution in [2.24, 2.45) is 29.1 Å². The molecule has 1 aliphatic carbocycles. The highest BCUT2D eigenvalue weighted by molar-refractivity contribution is 5.06. The number of rotatable bonds is 3. The lowest BCUT2D eigenvalue weighted by molar-refractivity contribution is 0.103. The Morgan fingerprint density at radius 2 is 1.55 bits per heavy atom. The van der Waals surface area contributed by atoms with Crippen LogP contribution in [0.2, 0.25) is 0 Å². The molecule has 0 aromatic heterocycles. The number of piperidine rings is 2. The van der Waals surface area contributed by atoms with Crippen LogP contribution < -0.4 is 0 Å². The van der Waals surface area contributed by atoms with Crippen LogP contribution in [-0.4, -0.2) is 48.6 Å². The van der Waals surface area contributed by atoms with Crippen LogP contribution in [0.1, 0.15) is 47.5 Å². The first-order valence-corrected chi connectivity index (χ1v) is 8.82. The molecule has 2 heteroatoms. The van der Waals surface area contributed by atoms with Gasteiger partial charge in [0.25, 0.3) is 0 Å². The molecule has 0 bridgehead atoms. The van der Waals surface area contributed by atoms with E-state index < -0.39 is 0 Å². The largest absolute Gasteiger partial charge is 0.303 e. The molecule has 1 saturated carbocycles. The maximum atomic E-state index is 2.77. The number of hydrogen-bond acceptors (Lipinski definition) is 2. The number of nitrogens with zero attached hydrogens (tertiary/aromatic N) is 2. The molecule has 2 saturated heterocycles. The fourth-order valence-corrected chi connectivity index (χ4v) is 4.65. The maximum Gasteiger partial charge on any atom is 0.00388 e. The summed E-state index contributed by atoms with van der Waals surface area (Å²) >= 11 is 0. The van der Waals surface area contributed by atoms with Crippen molar-refractivity contribution >= 4 is 0 Å². The maximum absolute atomic E-state index is 2.77. The summed E-state index contributed by atoms with van der Waals surface area (Å²) in [5, 5.41) is 0. The molecule has 2 nitrogen and oxygen atoms in total. The number of likely N-dealkylation sites (tertiary alicyclic amines) is 2. The van der Waals surface area contributed by atoms with Crippen molar-refractivity contribution in [2.45, 2.75) is 53.5 Å². The smallest absolute Gasteiger partial charge is 0.00388 e. The van der Waals surface area contributed by atoms with Crippen LogP contribution in [0.15, 0.2) is 0 Å². The van der Waals surface area contributed by atoms with Crippen molar-refractivity contribution in [2.75, 3.05) is 32.7 Å². The molecule has 20 heavy (non-hydrogen) atoms. The van der Waals surface area contributed by atoms with Crippen LogP contribution in [0.4, 0.5) is 0 Å². The molecule has 0 aromatic rings. The lowest BCUT2D eigenvalue weighted by Gasteiger charge is -2.39. The van der Waals surface area contributed by atoms with E-state index in [0.29, 0.717) is 5.41 Å². The van der Waals surface area contributed by atoms with Gasteiger partial charge in [0.15, 0.2) is 0 Å². The molecule has 3 aliphatic rings. The van der Waals surface area contributed by atoms with Crippen molar-refractivity contribution in [1.82, 2.24) is 9.80 Å². The third kappa shape index (κ3) is 2.92. The Labute approximate surface area is 125 Å². The van der Waals surface area contributed by atoms with E-state index in [0.717, 1.165) is 29.7 Å². The van der Waals surface area contributed by atoms with Gasteiger partial charge in [-0.3, -0.25) is 0 Å². The summed E-state index contributed by atoms with van der Waals surface area (Å²) in [6, 6.07) is 0.756. The minimum atomic E-state index is 0.514. The molecule has 0 amide bonds. The van der Waals surface area contributed by atoms with Gasteiger partial charge in [0.1, 0.15) is 0 Å². The van der Waals surface area contributed by atoms with Crippen molar-refractivity contribution in [3.05, 3.63) is 0 Å². The molecule has 2 aliphatic heterocycles. The van der Waals surface area contributed by atoms with Gasteiger partial charge in [-0.05, 0) is 68.9 Å². The quantitative estimate of drug-likeness (QED) is 0.781. The molecule has 0 aromatic carbocycles. The topological polar surface area (TPSA) is 6.48 Å². The van der Waals surface area contributed by atoms with E-state index in [1.54, 1.807) is 0 Å². The highest BCUT2D eigenvalue weighted by Gasteiger charge is 2.55. The van der Waals surface area contributed by atoms with Gasteiger partial charge in [0.05, 0.1) is 0 Å². The van der Waals surface area contributed by atoms with Crippen LogP contribution in [0, 0.1) is 29.1 Å². The summed E-state index contributed by atoms with van der Waals surface area (Å²) in [6.07, 6.45) is 2.84. The molecule has 3 rings (SSSR count). The first-order valence-electron chi connectivity index (χ1n) is 8.82. The predicted octanol–water partition coefficient (Wildman–Crippen LogP) is 3.33. The van der Waals surface area contributed by atoms with Crippen molar-refractivity contribution in [3.8, 4) is 0 Å². The molecule has 0 radical (unpaired) electrons.